The SMILES string of the molecule is O[C@H](C(F)CI)C1CCCC1. The second kappa shape index (κ2) is 4.60. The lowest BCUT2D eigenvalue weighted by Gasteiger charge is -2.19. The normalized spacial score (nSPS) is 25.4. The minimum atomic E-state index is -1.02. The average Bonchev–Trinajstić information content (AvgIpc) is 2.53. The quantitative estimate of drug-likeness (QED) is 0.617. The Morgan fingerprint density at radius 3 is 2.45 bits per heavy atom. The number of alkyl halides is 2. The highest BCUT2D eigenvalue weighted by molar-refractivity contribution is 14.1. The van der Waals surface area contributed by atoms with Crippen LogP contribution >= 0.6 is 22.6 Å². The van der Waals surface area contributed by atoms with E-state index in [9.17, 15) is 9.50 Å². The first-order valence-electron chi connectivity index (χ1n) is 4.14. The van der Waals surface area contributed by atoms with Crippen LogP contribution in [0.15, 0.2) is 0 Å². The van der Waals surface area contributed by atoms with Gasteiger partial charge in [0.05, 0.1) is 6.10 Å². The molecule has 11 heavy (non-hydrogen) atoms. The van der Waals surface area contributed by atoms with Gasteiger partial charge in [-0.25, -0.2) is 4.39 Å². The van der Waals surface area contributed by atoms with Crippen molar-refractivity contribution < 1.29 is 9.50 Å². The lowest BCUT2D eigenvalue weighted by atomic mass is 9.98. The molecule has 0 amide bonds. The van der Waals surface area contributed by atoms with Gasteiger partial charge in [0.2, 0.25) is 0 Å². The molecule has 3 heteroatoms. The maximum Gasteiger partial charge on any atom is 0.135 e. The summed E-state index contributed by atoms with van der Waals surface area (Å²) >= 11 is 1.98. The molecule has 0 aromatic heterocycles. The topological polar surface area (TPSA) is 20.2 Å². The van der Waals surface area contributed by atoms with Crippen LogP contribution in [0, 0.1) is 5.92 Å². The minimum absolute atomic E-state index is 0.236. The van der Waals surface area contributed by atoms with Crippen LogP contribution in [0.4, 0.5) is 4.39 Å². The van der Waals surface area contributed by atoms with Crippen LogP contribution in [0.5, 0.6) is 0 Å². The van der Waals surface area contributed by atoms with Gasteiger partial charge in [-0.1, -0.05) is 35.4 Å². The first kappa shape index (κ1) is 9.71. The second-order valence-corrected chi connectivity index (χ2v) is 4.09. The molecule has 1 unspecified atom stereocenters. The van der Waals surface area contributed by atoms with E-state index in [1.165, 1.54) is 0 Å². The fourth-order valence-corrected chi connectivity index (χ4v) is 2.21. The third-order valence-corrected chi connectivity index (χ3v) is 3.24. The Bertz CT molecular complexity index is 115. The summed E-state index contributed by atoms with van der Waals surface area (Å²) in [5.41, 5.74) is 0. The van der Waals surface area contributed by atoms with Gasteiger partial charge in [-0.3, -0.25) is 0 Å². The number of hydrogen-bond acceptors (Lipinski definition) is 1. The molecule has 1 saturated carbocycles. The van der Waals surface area contributed by atoms with Crippen molar-refractivity contribution in [3.63, 3.8) is 0 Å². The lowest BCUT2D eigenvalue weighted by molar-refractivity contribution is 0.0430. The summed E-state index contributed by atoms with van der Waals surface area (Å²) in [5, 5.41) is 9.44. The summed E-state index contributed by atoms with van der Waals surface area (Å²) in [6.07, 6.45) is 2.63. The van der Waals surface area contributed by atoms with E-state index in [2.05, 4.69) is 0 Å². The maximum absolute atomic E-state index is 12.9. The van der Waals surface area contributed by atoms with Crippen LogP contribution in [0.3, 0.4) is 0 Å². The van der Waals surface area contributed by atoms with E-state index in [0.717, 1.165) is 25.7 Å². The highest BCUT2D eigenvalue weighted by Crippen LogP contribution is 2.30. The molecule has 1 N–H and O–H groups in total. The van der Waals surface area contributed by atoms with Crippen molar-refractivity contribution in [3.8, 4) is 0 Å². The fraction of sp³-hybridized carbons (Fsp3) is 1.00. The molecule has 0 aliphatic heterocycles. The van der Waals surface area contributed by atoms with Gasteiger partial charge in [-0.2, -0.15) is 0 Å². The number of hydrogen-bond donors (Lipinski definition) is 1. The zero-order chi connectivity index (χ0) is 8.27. The molecule has 1 aliphatic carbocycles. The molecule has 0 bridgehead atoms. The molecule has 2 atom stereocenters. The number of aliphatic hydroxyl groups excluding tert-OH is 1. The lowest BCUT2D eigenvalue weighted by Crippen LogP contribution is -2.30. The summed E-state index contributed by atoms with van der Waals surface area (Å²) in [4.78, 5) is 0. The molecule has 1 fully saturated rings. The summed E-state index contributed by atoms with van der Waals surface area (Å²) in [6, 6.07) is 0. The highest BCUT2D eigenvalue weighted by Gasteiger charge is 2.28. The standard InChI is InChI=1S/C8H14FIO/c9-7(5-10)8(11)6-3-1-2-4-6/h6-8,11H,1-5H2/t7?,8-/m0/s1. The van der Waals surface area contributed by atoms with Crippen molar-refractivity contribution in [2.75, 3.05) is 4.43 Å². The van der Waals surface area contributed by atoms with Crippen LogP contribution < -0.4 is 0 Å². The molecule has 0 radical (unpaired) electrons. The number of halogens is 2. The van der Waals surface area contributed by atoms with Gasteiger partial charge in [0, 0.05) is 4.43 Å². The maximum atomic E-state index is 12.9. The van der Waals surface area contributed by atoms with Gasteiger partial charge in [0.1, 0.15) is 6.17 Å². The van der Waals surface area contributed by atoms with Gasteiger partial charge in [-0.05, 0) is 18.8 Å². The third kappa shape index (κ3) is 2.54. The highest BCUT2D eigenvalue weighted by atomic mass is 127. The van der Waals surface area contributed by atoms with Gasteiger partial charge in [-0.15, -0.1) is 0 Å². The van der Waals surface area contributed by atoms with E-state index >= 15 is 0 Å². The van der Waals surface area contributed by atoms with Crippen molar-refractivity contribution >= 4 is 22.6 Å². The Morgan fingerprint density at radius 2 is 2.00 bits per heavy atom. The van der Waals surface area contributed by atoms with Crippen LogP contribution in [0.1, 0.15) is 25.7 Å². The molecule has 1 nitrogen and oxygen atoms in total. The van der Waals surface area contributed by atoms with Crippen molar-refractivity contribution in [3.05, 3.63) is 0 Å². The Labute approximate surface area is 80.5 Å². The molecule has 1 rings (SSSR count). The van der Waals surface area contributed by atoms with Gasteiger partial charge < -0.3 is 5.11 Å². The first-order valence-corrected chi connectivity index (χ1v) is 5.66. The average molecular weight is 272 g/mol. The Balaban J connectivity index is 2.32. The van der Waals surface area contributed by atoms with Crippen LogP contribution in [0.2, 0.25) is 0 Å². The van der Waals surface area contributed by atoms with Gasteiger partial charge >= 0.3 is 0 Å². The zero-order valence-electron chi connectivity index (χ0n) is 6.47. The predicted molar refractivity (Wildman–Crippen MR) is 51.7 cm³/mol. The minimum Gasteiger partial charge on any atom is -0.390 e. The third-order valence-electron chi connectivity index (χ3n) is 2.40. The van der Waals surface area contributed by atoms with Crippen molar-refractivity contribution in [2.24, 2.45) is 5.92 Å². The second-order valence-electron chi connectivity index (χ2n) is 3.21. The molecule has 0 aromatic rings. The van der Waals surface area contributed by atoms with Crippen molar-refractivity contribution in [1.82, 2.24) is 0 Å². The summed E-state index contributed by atoms with van der Waals surface area (Å²) in [7, 11) is 0. The first-order chi connectivity index (χ1) is 5.25. The molecule has 1 aliphatic rings. The Kier molecular flexibility index (Phi) is 4.06. The summed E-state index contributed by atoms with van der Waals surface area (Å²) in [5.74, 6) is 0.236. The van der Waals surface area contributed by atoms with Crippen LogP contribution in [-0.4, -0.2) is 21.8 Å². The van der Waals surface area contributed by atoms with E-state index < -0.39 is 12.3 Å². The van der Waals surface area contributed by atoms with E-state index in [1.54, 1.807) is 0 Å². The van der Waals surface area contributed by atoms with Crippen LogP contribution in [-0.2, 0) is 0 Å². The van der Waals surface area contributed by atoms with Crippen molar-refractivity contribution in [2.45, 2.75) is 38.0 Å². The molecular weight excluding hydrogens is 258 g/mol. The van der Waals surface area contributed by atoms with E-state index in [0.29, 0.717) is 4.43 Å². The van der Waals surface area contributed by atoms with E-state index in [1.807, 2.05) is 22.6 Å². The predicted octanol–water partition coefficient (Wildman–Crippen LogP) is 2.31. The van der Waals surface area contributed by atoms with Crippen LogP contribution in [0.25, 0.3) is 0 Å². The molecule has 0 heterocycles. The largest absolute Gasteiger partial charge is 0.390 e. The Hall–Kier alpha value is 0.620. The number of rotatable bonds is 3. The number of aliphatic hydroxyl groups is 1. The Morgan fingerprint density at radius 1 is 1.45 bits per heavy atom. The summed E-state index contributed by atoms with van der Waals surface area (Å²) < 4.78 is 13.3. The fourth-order valence-electron chi connectivity index (χ4n) is 1.69. The van der Waals surface area contributed by atoms with Crippen molar-refractivity contribution in [1.29, 1.82) is 0 Å². The van der Waals surface area contributed by atoms with Gasteiger partial charge in [0.25, 0.3) is 0 Å². The summed E-state index contributed by atoms with van der Waals surface area (Å²) in [6.45, 7) is 0. The molecule has 66 valence electrons. The zero-order valence-corrected chi connectivity index (χ0v) is 8.63. The molecule has 0 saturated heterocycles. The monoisotopic (exact) mass is 272 g/mol. The van der Waals surface area contributed by atoms with E-state index in [4.69, 9.17) is 0 Å². The smallest absolute Gasteiger partial charge is 0.135 e. The van der Waals surface area contributed by atoms with Gasteiger partial charge in [0.15, 0.2) is 0 Å². The molecule has 0 aromatic carbocycles. The molecular formula is C8H14FIO. The molecule has 0 spiro atoms. The van der Waals surface area contributed by atoms with E-state index in [-0.39, 0.29) is 5.92 Å².